The van der Waals surface area contributed by atoms with E-state index in [0.29, 0.717) is 0 Å². The van der Waals surface area contributed by atoms with E-state index in [1.807, 2.05) is 0 Å². The van der Waals surface area contributed by atoms with Crippen LogP contribution in [0.2, 0.25) is 0 Å². The number of aromatic nitrogens is 4. The minimum absolute atomic E-state index is 0.271. The van der Waals surface area contributed by atoms with Crippen LogP contribution in [0.25, 0.3) is 5.69 Å². The summed E-state index contributed by atoms with van der Waals surface area (Å²) in [5.41, 5.74) is -0.271. The summed E-state index contributed by atoms with van der Waals surface area (Å²) in [6, 6.07) is 3.55. The van der Waals surface area contributed by atoms with Crippen molar-refractivity contribution < 1.29 is 8.78 Å². The minimum atomic E-state index is -0.702. The van der Waals surface area contributed by atoms with Crippen molar-refractivity contribution in [3.8, 4) is 5.69 Å². The van der Waals surface area contributed by atoms with E-state index in [2.05, 4.69) is 15.5 Å². The van der Waals surface area contributed by atoms with Crippen molar-refractivity contribution in [3.63, 3.8) is 0 Å². The van der Waals surface area contributed by atoms with Gasteiger partial charge in [0.25, 0.3) is 0 Å². The molecule has 0 atom stereocenters. The maximum Gasteiger partial charge on any atom is 0.152 e. The zero-order valence-corrected chi connectivity index (χ0v) is 6.35. The van der Waals surface area contributed by atoms with Gasteiger partial charge in [-0.05, 0) is 22.6 Å². The SMILES string of the molecule is Fc1cccc(F)c1-n1cnnn1. The molecule has 0 amide bonds. The summed E-state index contributed by atoms with van der Waals surface area (Å²) in [5.74, 6) is -1.40. The fourth-order valence-corrected chi connectivity index (χ4v) is 0.972. The fraction of sp³-hybridized carbons (Fsp3) is 0. The van der Waals surface area contributed by atoms with Crippen molar-refractivity contribution in [1.82, 2.24) is 20.2 Å². The molecule has 0 unspecified atom stereocenters. The Kier molecular flexibility index (Phi) is 1.73. The van der Waals surface area contributed by atoms with Crippen LogP contribution in [0, 0.1) is 11.6 Å². The molecule has 2 aromatic rings. The molecule has 66 valence electrons. The van der Waals surface area contributed by atoms with Gasteiger partial charge in [-0.25, -0.2) is 8.78 Å². The Balaban J connectivity index is 2.64. The van der Waals surface area contributed by atoms with Crippen LogP contribution in [0.4, 0.5) is 8.78 Å². The number of para-hydroxylation sites is 1. The first-order valence-corrected chi connectivity index (χ1v) is 3.46. The molecule has 0 N–H and O–H groups in total. The van der Waals surface area contributed by atoms with Gasteiger partial charge in [0.1, 0.15) is 12.0 Å². The molecular weight excluding hydrogens is 178 g/mol. The van der Waals surface area contributed by atoms with Crippen LogP contribution in [0.1, 0.15) is 0 Å². The van der Waals surface area contributed by atoms with Gasteiger partial charge < -0.3 is 0 Å². The van der Waals surface area contributed by atoms with Crippen LogP contribution in [0.5, 0.6) is 0 Å². The third kappa shape index (κ3) is 1.26. The summed E-state index contributed by atoms with van der Waals surface area (Å²) < 4.78 is 27.0. The van der Waals surface area contributed by atoms with Crippen LogP contribution in [0.3, 0.4) is 0 Å². The molecule has 2 rings (SSSR count). The van der Waals surface area contributed by atoms with Gasteiger partial charge in [-0.15, -0.1) is 5.10 Å². The lowest BCUT2D eigenvalue weighted by atomic mass is 10.3. The Labute approximate surface area is 71.8 Å². The van der Waals surface area contributed by atoms with E-state index in [4.69, 9.17) is 0 Å². The molecule has 0 aliphatic carbocycles. The first-order chi connectivity index (χ1) is 6.29. The number of tetrazole rings is 1. The second kappa shape index (κ2) is 2.89. The van der Waals surface area contributed by atoms with Gasteiger partial charge in [0.05, 0.1) is 0 Å². The molecule has 0 saturated heterocycles. The number of rotatable bonds is 1. The van der Waals surface area contributed by atoms with Gasteiger partial charge in [-0.2, -0.15) is 4.68 Å². The highest BCUT2D eigenvalue weighted by molar-refractivity contribution is 5.33. The Bertz CT molecular complexity index is 392. The van der Waals surface area contributed by atoms with E-state index in [1.165, 1.54) is 6.07 Å². The number of hydrogen-bond acceptors (Lipinski definition) is 3. The summed E-state index contributed by atoms with van der Waals surface area (Å²) in [6.07, 6.45) is 1.13. The topological polar surface area (TPSA) is 43.6 Å². The zero-order chi connectivity index (χ0) is 9.26. The van der Waals surface area contributed by atoms with E-state index in [0.717, 1.165) is 23.1 Å². The molecule has 1 heterocycles. The summed E-state index contributed by atoms with van der Waals surface area (Å²) in [5, 5.41) is 9.94. The summed E-state index contributed by atoms with van der Waals surface area (Å²) >= 11 is 0. The number of hydrogen-bond donors (Lipinski definition) is 0. The molecule has 0 aliphatic rings. The highest BCUT2D eigenvalue weighted by Crippen LogP contribution is 2.14. The third-order valence-corrected chi connectivity index (χ3v) is 1.52. The maximum atomic E-state index is 13.1. The largest absolute Gasteiger partial charge is 0.204 e. The second-order valence-corrected chi connectivity index (χ2v) is 2.32. The quantitative estimate of drug-likeness (QED) is 0.659. The van der Waals surface area contributed by atoms with E-state index in [-0.39, 0.29) is 5.69 Å². The standard InChI is InChI=1S/C7H4F2N4/c8-5-2-1-3-6(9)7(5)13-4-10-11-12-13/h1-4H. The molecule has 4 nitrogen and oxygen atoms in total. The van der Waals surface area contributed by atoms with E-state index in [1.54, 1.807) is 0 Å². The Morgan fingerprint density at radius 2 is 1.85 bits per heavy atom. The van der Waals surface area contributed by atoms with Gasteiger partial charge >= 0.3 is 0 Å². The predicted octanol–water partition coefficient (Wildman–Crippen LogP) is 0.940. The lowest BCUT2D eigenvalue weighted by molar-refractivity contribution is 0.556. The van der Waals surface area contributed by atoms with Crippen LogP contribution >= 0.6 is 0 Å². The normalized spacial score (nSPS) is 10.3. The van der Waals surface area contributed by atoms with E-state index >= 15 is 0 Å². The molecule has 0 bridgehead atoms. The Morgan fingerprint density at radius 3 is 2.38 bits per heavy atom. The van der Waals surface area contributed by atoms with Gasteiger partial charge in [0.2, 0.25) is 0 Å². The van der Waals surface area contributed by atoms with E-state index in [9.17, 15) is 8.78 Å². The van der Waals surface area contributed by atoms with Crippen molar-refractivity contribution in [3.05, 3.63) is 36.2 Å². The van der Waals surface area contributed by atoms with Crippen molar-refractivity contribution in [1.29, 1.82) is 0 Å². The molecular formula is C7H4F2N4. The first-order valence-electron chi connectivity index (χ1n) is 3.46. The summed E-state index contributed by atoms with van der Waals surface area (Å²) in [7, 11) is 0. The number of nitrogens with zero attached hydrogens (tertiary/aromatic N) is 4. The van der Waals surface area contributed by atoms with Crippen molar-refractivity contribution in [2.45, 2.75) is 0 Å². The highest BCUT2D eigenvalue weighted by atomic mass is 19.1. The second-order valence-electron chi connectivity index (χ2n) is 2.32. The lowest BCUT2D eigenvalue weighted by Gasteiger charge is -2.01. The summed E-state index contributed by atoms with van der Waals surface area (Å²) in [4.78, 5) is 0. The smallest absolute Gasteiger partial charge is 0.152 e. The Hall–Kier alpha value is -1.85. The molecule has 0 aliphatic heterocycles. The minimum Gasteiger partial charge on any atom is -0.204 e. The van der Waals surface area contributed by atoms with Crippen LogP contribution in [0.15, 0.2) is 24.5 Å². The highest BCUT2D eigenvalue weighted by Gasteiger charge is 2.10. The molecule has 1 aromatic heterocycles. The average Bonchev–Trinajstić information content (AvgIpc) is 2.57. The molecule has 0 fully saturated rings. The first kappa shape index (κ1) is 7.78. The predicted molar refractivity (Wildman–Crippen MR) is 39.1 cm³/mol. The van der Waals surface area contributed by atoms with Gasteiger partial charge in [0.15, 0.2) is 11.6 Å². The Morgan fingerprint density at radius 1 is 1.15 bits per heavy atom. The molecule has 0 radical (unpaired) electrons. The summed E-state index contributed by atoms with van der Waals surface area (Å²) in [6.45, 7) is 0. The molecule has 6 heteroatoms. The molecule has 13 heavy (non-hydrogen) atoms. The maximum absolute atomic E-state index is 13.1. The zero-order valence-electron chi connectivity index (χ0n) is 6.35. The lowest BCUT2D eigenvalue weighted by Crippen LogP contribution is -2.01. The van der Waals surface area contributed by atoms with Gasteiger partial charge in [-0.3, -0.25) is 0 Å². The number of benzene rings is 1. The van der Waals surface area contributed by atoms with Crippen molar-refractivity contribution in [2.24, 2.45) is 0 Å². The number of halogens is 2. The molecule has 0 spiro atoms. The third-order valence-electron chi connectivity index (χ3n) is 1.52. The monoisotopic (exact) mass is 182 g/mol. The van der Waals surface area contributed by atoms with Crippen molar-refractivity contribution in [2.75, 3.05) is 0 Å². The van der Waals surface area contributed by atoms with Crippen molar-refractivity contribution >= 4 is 0 Å². The molecule has 1 aromatic carbocycles. The molecule has 0 saturated carbocycles. The van der Waals surface area contributed by atoms with E-state index < -0.39 is 11.6 Å². The van der Waals surface area contributed by atoms with Crippen LogP contribution in [-0.4, -0.2) is 20.2 Å². The average molecular weight is 182 g/mol. The van der Waals surface area contributed by atoms with Crippen LogP contribution in [-0.2, 0) is 0 Å². The fourth-order valence-electron chi connectivity index (χ4n) is 0.972. The van der Waals surface area contributed by atoms with Crippen LogP contribution < -0.4 is 0 Å². The van der Waals surface area contributed by atoms with Gasteiger partial charge in [-0.1, -0.05) is 6.07 Å². The van der Waals surface area contributed by atoms with Gasteiger partial charge in [0, 0.05) is 0 Å².